The van der Waals surface area contributed by atoms with Crippen LogP contribution in [0, 0.1) is 11.7 Å². The van der Waals surface area contributed by atoms with Crippen molar-refractivity contribution in [2.45, 2.75) is 53.8 Å². The van der Waals surface area contributed by atoms with E-state index in [0.29, 0.717) is 38.1 Å². The van der Waals surface area contributed by atoms with Crippen LogP contribution in [0.2, 0.25) is 0 Å². The number of hydrogen-bond donors (Lipinski definition) is 1. The number of likely N-dealkylation sites (tertiary alicyclic amines) is 2. The molecule has 2 fully saturated rings. The molecule has 2 aromatic rings. The summed E-state index contributed by atoms with van der Waals surface area (Å²) in [4.78, 5) is 27.5. The SMILES string of the molecule is CC(=O)N1CCC(C(=O)N2CC[C@@](c3ccc(C(O)(C(F)(F)F)C(F)(F)F)cc3)(S(=O)(=O)c3ccc(F)cc3)C2)CC1. The monoisotopic (exact) mass is 624 g/mol. The van der Waals surface area contributed by atoms with Crippen molar-refractivity contribution in [3.63, 3.8) is 0 Å². The maximum atomic E-state index is 14.0. The fraction of sp³-hybridized carbons (Fsp3) is 0.481. The lowest BCUT2D eigenvalue weighted by Crippen LogP contribution is -2.54. The molecule has 0 radical (unpaired) electrons. The molecule has 0 saturated carbocycles. The number of amides is 2. The highest BCUT2D eigenvalue weighted by Gasteiger charge is 2.71. The van der Waals surface area contributed by atoms with E-state index in [2.05, 4.69) is 0 Å². The quantitative estimate of drug-likeness (QED) is 0.396. The maximum Gasteiger partial charge on any atom is 0.430 e. The van der Waals surface area contributed by atoms with E-state index >= 15 is 0 Å². The minimum Gasteiger partial charge on any atom is -0.369 e. The van der Waals surface area contributed by atoms with Gasteiger partial charge in [0, 0.05) is 44.6 Å². The Labute approximate surface area is 236 Å². The van der Waals surface area contributed by atoms with E-state index in [-0.39, 0.29) is 29.3 Å². The van der Waals surface area contributed by atoms with Gasteiger partial charge in [0.1, 0.15) is 10.6 Å². The molecular weight excluding hydrogens is 597 g/mol. The van der Waals surface area contributed by atoms with E-state index in [0.717, 1.165) is 36.4 Å². The predicted molar refractivity (Wildman–Crippen MR) is 134 cm³/mol. The predicted octanol–water partition coefficient (Wildman–Crippen LogP) is 4.30. The Morgan fingerprint density at radius 2 is 1.38 bits per heavy atom. The van der Waals surface area contributed by atoms with E-state index in [4.69, 9.17) is 0 Å². The van der Waals surface area contributed by atoms with Crippen molar-refractivity contribution in [2.75, 3.05) is 26.2 Å². The Hall–Kier alpha value is -3.20. The zero-order valence-electron chi connectivity index (χ0n) is 22.2. The third-order valence-corrected chi connectivity index (χ3v) is 10.6. The first kappa shape index (κ1) is 31.7. The molecule has 2 heterocycles. The second kappa shape index (κ2) is 10.8. The lowest BCUT2D eigenvalue weighted by Gasteiger charge is -2.35. The highest BCUT2D eigenvalue weighted by Crippen LogP contribution is 2.51. The summed E-state index contributed by atoms with van der Waals surface area (Å²) in [5.74, 6) is -1.82. The first-order chi connectivity index (χ1) is 19.3. The summed E-state index contributed by atoms with van der Waals surface area (Å²) < 4.78 is 120. The third-order valence-electron chi connectivity index (χ3n) is 8.12. The molecule has 0 aliphatic carbocycles. The highest BCUT2D eigenvalue weighted by atomic mass is 32.2. The molecular formula is C27H27F7N2O5S. The zero-order valence-corrected chi connectivity index (χ0v) is 23.0. The van der Waals surface area contributed by atoms with Crippen molar-refractivity contribution in [1.29, 1.82) is 0 Å². The van der Waals surface area contributed by atoms with Crippen molar-refractivity contribution in [3.8, 4) is 0 Å². The van der Waals surface area contributed by atoms with E-state index < -0.39 is 62.3 Å². The van der Waals surface area contributed by atoms with E-state index in [1.807, 2.05) is 0 Å². The number of rotatable bonds is 5. The standard InChI is InChI=1S/C27H27F7N2O5S/c1-17(37)35-13-10-18(11-14-35)23(38)36-15-12-24(16-36,42(40,41)22-8-6-21(28)7-9-22)19-2-4-20(5-3-19)25(39,26(29,30)31)27(32,33)34/h2-9,18,39H,10-16H2,1H3/t24-/m1/s1. The van der Waals surface area contributed by atoms with Crippen molar-refractivity contribution >= 4 is 21.7 Å². The molecule has 2 aliphatic heterocycles. The van der Waals surface area contributed by atoms with Crippen LogP contribution in [-0.4, -0.2) is 73.7 Å². The average Bonchev–Trinajstić information content (AvgIpc) is 3.39. The molecule has 2 aliphatic rings. The van der Waals surface area contributed by atoms with Gasteiger partial charge in [-0.25, -0.2) is 12.8 Å². The smallest absolute Gasteiger partial charge is 0.369 e. The van der Waals surface area contributed by atoms with Gasteiger partial charge >= 0.3 is 12.4 Å². The molecule has 15 heteroatoms. The number of halogens is 7. The number of piperidine rings is 1. The molecule has 1 atom stereocenters. The summed E-state index contributed by atoms with van der Waals surface area (Å²) in [6, 6.07) is 5.98. The van der Waals surface area contributed by atoms with Gasteiger partial charge < -0.3 is 14.9 Å². The van der Waals surface area contributed by atoms with Gasteiger partial charge in [-0.15, -0.1) is 0 Å². The molecule has 1 N–H and O–H groups in total. The van der Waals surface area contributed by atoms with E-state index in [1.165, 1.54) is 11.8 Å². The van der Waals surface area contributed by atoms with Crippen LogP contribution in [0.5, 0.6) is 0 Å². The van der Waals surface area contributed by atoms with Crippen LogP contribution in [0.1, 0.15) is 37.3 Å². The third kappa shape index (κ3) is 5.25. The van der Waals surface area contributed by atoms with Crippen molar-refractivity contribution in [1.82, 2.24) is 9.80 Å². The maximum absolute atomic E-state index is 14.0. The largest absolute Gasteiger partial charge is 0.430 e. The van der Waals surface area contributed by atoms with Gasteiger partial charge in [-0.3, -0.25) is 9.59 Å². The first-order valence-electron chi connectivity index (χ1n) is 12.9. The second-order valence-electron chi connectivity index (χ2n) is 10.5. The minimum atomic E-state index is -6.14. The fourth-order valence-electron chi connectivity index (χ4n) is 5.62. The van der Waals surface area contributed by atoms with E-state index in [1.54, 1.807) is 4.90 Å². The summed E-state index contributed by atoms with van der Waals surface area (Å²) in [6.07, 6.45) is -11.9. The number of alkyl halides is 6. The topological polar surface area (TPSA) is 95.0 Å². The zero-order chi connectivity index (χ0) is 31.3. The van der Waals surface area contributed by atoms with Crippen LogP contribution < -0.4 is 0 Å². The van der Waals surface area contributed by atoms with Crippen molar-refractivity contribution < 1.29 is 53.8 Å². The summed E-state index contributed by atoms with van der Waals surface area (Å²) >= 11 is 0. The molecule has 4 rings (SSSR count). The number of carbonyl (C=O) groups is 2. The van der Waals surface area contributed by atoms with Gasteiger partial charge in [-0.05, 0) is 49.1 Å². The van der Waals surface area contributed by atoms with Crippen LogP contribution in [0.3, 0.4) is 0 Å². The fourth-order valence-corrected chi connectivity index (χ4v) is 7.70. The summed E-state index contributed by atoms with van der Waals surface area (Å²) in [5, 5.41) is 9.77. The molecule has 230 valence electrons. The van der Waals surface area contributed by atoms with Gasteiger partial charge in [0.15, 0.2) is 9.84 Å². The van der Waals surface area contributed by atoms with Crippen molar-refractivity contribution in [2.24, 2.45) is 5.92 Å². The van der Waals surface area contributed by atoms with Crippen LogP contribution in [0.25, 0.3) is 0 Å². The Bertz CT molecular complexity index is 1420. The molecule has 42 heavy (non-hydrogen) atoms. The Kier molecular flexibility index (Phi) is 8.17. The van der Waals surface area contributed by atoms with E-state index in [9.17, 15) is 53.8 Å². The van der Waals surface area contributed by atoms with Gasteiger partial charge in [-0.2, -0.15) is 26.3 Å². The molecule has 2 saturated heterocycles. The van der Waals surface area contributed by atoms with Gasteiger partial charge in [-0.1, -0.05) is 24.3 Å². The molecule has 7 nitrogen and oxygen atoms in total. The molecule has 0 aromatic heterocycles. The lowest BCUT2D eigenvalue weighted by atomic mass is 9.89. The lowest BCUT2D eigenvalue weighted by molar-refractivity contribution is -0.376. The molecule has 0 unspecified atom stereocenters. The van der Waals surface area contributed by atoms with Gasteiger partial charge in [0.2, 0.25) is 11.8 Å². The molecule has 0 spiro atoms. The normalized spacial score (nSPS) is 21.1. The van der Waals surface area contributed by atoms with Crippen molar-refractivity contribution in [3.05, 3.63) is 65.5 Å². The number of benzene rings is 2. The second-order valence-corrected chi connectivity index (χ2v) is 12.8. The Morgan fingerprint density at radius 3 is 1.86 bits per heavy atom. The average molecular weight is 625 g/mol. The number of sulfone groups is 1. The Morgan fingerprint density at radius 1 is 0.857 bits per heavy atom. The summed E-state index contributed by atoms with van der Waals surface area (Å²) in [5.41, 5.74) is -6.98. The van der Waals surface area contributed by atoms with Gasteiger partial charge in [0.25, 0.3) is 5.60 Å². The number of aliphatic hydroxyl groups is 1. The van der Waals surface area contributed by atoms with Crippen LogP contribution >= 0.6 is 0 Å². The first-order valence-corrected chi connectivity index (χ1v) is 14.3. The number of carbonyl (C=O) groups excluding carboxylic acids is 2. The molecule has 2 amide bonds. The van der Waals surface area contributed by atoms with Crippen LogP contribution in [0.4, 0.5) is 30.7 Å². The summed E-state index contributed by atoms with van der Waals surface area (Å²) in [6.45, 7) is 1.47. The van der Waals surface area contributed by atoms with Crippen LogP contribution in [-0.2, 0) is 29.8 Å². The highest BCUT2D eigenvalue weighted by molar-refractivity contribution is 7.92. The number of hydrogen-bond acceptors (Lipinski definition) is 5. The van der Waals surface area contributed by atoms with Crippen LogP contribution in [0.15, 0.2) is 53.4 Å². The molecule has 2 aromatic carbocycles. The Balaban J connectivity index is 1.74. The number of nitrogens with zero attached hydrogens (tertiary/aromatic N) is 2. The molecule has 0 bridgehead atoms. The van der Waals surface area contributed by atoms with Gasteiger partial charge in [0.05, 0.1) is 4.90 Å². The summed E-state index contributed by atoms with van der Waals surface area (Å²) in [7, 11) is -4.51. The minimum absolute atomic E-state index is 0.0943.